The van der Waals surface area contributed by atoms with Crippen molar-refractivity contribution in [2.45, 2.75) is 19.3 Å². The second-order valence-corrected chi connectivity index (χ2v) is 5.76. The lowest BCUT2D eigenvalue weighted by Crippen LogP contribution is -2.30. The fraction of sp³-hybridized carbons (Fsp3) is 1.00. The molecular weight excluding hydrogens is 246 g/mol. The first-order valence-electron chi connectivity index (χ1n) is 7.28. The highest BCUT2D eigenvalue weighted by Crippen LogP contribution is 1.99. The number of piperidine rings is 1. The first-order valence-corrected chi connectivity index (χ1v) is 8.43. The van der Waals surface area contributed by atoms with Gasteiger partial charge in [-0.05, 0) is 25.9 Å². The largest absolute Gasteiger partial charge is 0.379 e. The molecule has 3 saturated heterocycles. The number of hydrogen-bond donors (Lipinski definition) is 3. The predicted molar refractivity (Wildman–Crippen MR) is 80.6 cm³/mol. The zero-order valence-electron chi connectivity index (χ0n) is 11.5. The Hall–Kier alpha value is 0.190. The maximum absolute atomic E-state index is 5.01. The fourth-order valence-corrected chi connectivity index (χ4v) is 2.61. The molecule has 5 heteroatoms. The Morgan fingerprint density at radius 1 is 0.611 bits per heavy atom. The zero-order valence-corrected chi connectivity index (χ0v) is 12.3. The van der Waals surface area contributed by atoms with Crippen molar-refractivity contribution in [3.63, 3.8) is 0 Å². The molecule has 18 heavy (non-hydrogen) atoms. The van der Waals surface area contributed by atoms with E-state index in [-0.39, 0.29) is 0 Å². The van der Waals surface area contributed by atoms with Crippen LogP contribution >= 0.6 is 11.8 Å². The SMILES string of the molecule is C1CCNCC1.C1COCCN1.C1CSCCN1. The second-order valence-electron chi connectivity index (χ2n) is 4.54. The minimum Gasteiger partial charge on any atom is -0.379 e. The zero-order chi connectivity index (χ0) is 12.7. The average molecular weight is 275 g/mol. The van der Waals surface area contributed by atoms with E-state index in [1.807, 2.05) is 11.8 Å². The van der Waals surface area contributed by atoms with Gasteiger partial charge in [-0.15, -0.1) is 0 Å². The van der Waals surface area contributed by atoms with Crippen LogP contribution < -0.4 is 16.0 Å². The molecule has 3 heterocycles. The summed E-state index contributed by atoms with van der Waals surface area (Å²) < 4.78 is 5.01. The maximum atomic E-state index is 5.01. The summed E-state index contributed by atoms with van der Waals surface area (Å²) in [5, 5.41) is 9.71. The van der Waals surface area contributed by atoms with Gasteiger partial charge in [0.25, 0.3) is 0 Å². The smallest absolute Gasteiger partial charge is 0.0591 e. The van der Waals surface area contributed by atoms with Crippen molar-refractivity contribution in [3.05, 3.63) is 0 Å². The van der Waals surface area contributed by atoms with Crippen molar-refractivity contribution in [1.29, 1.82) is 0 Å². The molecule has 0 atom stereocenters. The van der Waals surface area contributed by atoms with Crippen LogP contribution in [0.15, 0.2) is 0 Å². The van der Waals surface area contributed by atoms with Gasteiger partial charge < -0.3 is 20.7 Å². The van der Waals surface area contributed by atoms with Crippen LogP contribution in [-0.2, 0) is 4.74 Å². The lowest BCUT2D eigenvalue weighted by molar-refractivity contribution is 0.109. The molecule has 0 bridgehead atoms. The standard InChI is InChI=1S/C5H11N.C4H9NO.C4H9NS/c1-2-4-6-5-3-1;2*1-3-6-4-2-5-1/h6H,1-5H2;2*5H,1-4H2. The summed E-state index contributed by atoms with van der Waals surface area (Å²) in [7, 11) is 0. The van der Waals surface area contributed by atoms with Gasteiger partial charge in [-0.3, -0.25) is 0 Å². The molecule has 0 saturated carbocycles. The van der Waals surface area contributed by atoms with Gasteiger partial charge in [-0.25, -0.2) is 0 Å². The Morgan fingerprint density at radius 2 is 1.17 bits per heavy atom. The summed E-state index contributed by atoms with van der Waals surface area (Å²) in [6.07, 6.45) is 4.22. The molecule has 0 aromatic rings. The van der Waals surface area contributed by atoms with Gasteiger partial charge in [-0.2, -0.15) is 11.8 Å². The Morgan fingerprint density at radius 3 is 1.33 bits per heavy atom. The van der Waals surface area contributed by atoms with Crippen LogP contribution in [0, 0.1) is 0 Å². The molecule has 3 aliphatic rings. The molecule has 3 N–H and O–H groups in total. The molecule has 3 aliphatic heterocycles. The topological polar surface area (TPSA) is 45.3 Å². The van der Waals surface area contributed by atoms with Crippen LogP contribution in [-0.4, -0.2) is 64.0 Å². The lowest BCUT2D eigenvalue weighted by Gasteiger charge is -2.10. The highest BCUT2D eigenvalue weighted by molar-refractivity contribution is 7.99. The molecule has 3 fully saturated rings. The van der Waals surface area contributed by atoms with Crippen molar-refractivity contribution < 1.29 is 4.74 Å². The minimum absolute atomic E-state index is 0.889. The van der Waals surface area contributed by atoms with E-state index in [4.69, 9.17) is 4.74 Å². The van der Waals surface area contributed by atoms with E-state index >= 15 is 0 Å². The summed E-state index contributed by atoms with van der Waals surface area (Å²) in [5.74, 6) is 2.61. The third-order valence-corrected chi connectivity index (χ3v) is 3.89. The number of rotatable bonds is 0. The molecule has 0 spiro atoms. The van der Waals surface area contributed by atoms with E-state index in [9.17, 15) is 0 Å². The number of hydrogen-bond acceptors (Lipinski definition) is 5. The fourth-order valence-electron chi connectivity index (χ4n) is 1.83. The monoisotopic (exact) mass is 275 g/mol. The van der Waals surface area contributed by atoms with E-state index in [0.29, 0.717) is 0 Å². The molecule has 4 nitrogen and oxygen atoms in total. The average Bonchev–Trinajstić information content (AvgIpc) is 2.54. The van der Waals surface area contributed by atoms with Gasteiger partial charge in [0, 0.05) is 37.7 Å². The van der Waals surface area contributed by atoms with Crippen molar-refractivity contribution in [2.24, 2.45) is 0 Å². The predicted octanol–water partition coefficient (Wildman–Crippen LogP) is 0.689. The summed E-state index contributed by atoms with van der Waals surface area (Å²) in [5.41, 5.74) is 0. The second kappa shape index (κ2) is 13.6. The van der Waals surface area contributed by atoms with Crippen LogP contribution in [0.3, 0.4) is 0 Å². The van der Waals surface area contributed by atoms with Crippen molar-refractivity contribution in [1.82, 2.24) is 16.0 Å². The third-order valence-electron chi connectivity index (χ3n) is 2.90. The molecule has 0 unspecified atom stereocenters. The Kier molecular flexibility index (Phi) is 12.3. The highest BCUT2D eigenvalue weighted by atomic mass is 32.2. The molecular formula is C13H29N3OS. The van der Waals surface area contributed by atoms with Crippen molar-refractivity contribution in [2.75, 3.05) is 64.0 Å². The normalized spacial score (nSPS) is 24.0. The highest BCUT2D eigenvalue weighted by Gasteiger charge is 1.94. The molecule has 0 radical (unpaired) electrons. The van der Waals surface area contributed by atoms with Gasteiger partial charge in [0.2, 0.25) is 0 Å². The Labute approximate surface area is 116 Å². The summed E-state index contributed by atoms with van der Waals surface area (Å²) in [6, 6.07) is 0. The molecule has 108 valence electrons. The summed E-state index contributed by atoms with van der Waals surface area (Å²) in [6.45, 7) is 8.76. The molecule has 0 aromatic heterocycles. The van der Waals surface area contributed by atoms with E-state index in [1.165, 1.54) is 56.9 Å². The van der Waals surface area contributed by atoms with Crippen LogP contribution in [0.5, 0.6) is 0 Å². The van der Waals surface area contributed by atoms with Crippen LogP contribution in [0.4, 0.5) is 0 Å². The first kappa shape index (κ1) is 16.2. The third kappa shape index (κ3) is 11.3. The minimum atomic E-state index is 0.889. The Bertz CT molecular complexity index is 97.3. The van der Waals surface area contributed by atoms with E-state index in [1.54, 1.807) is 0 Å². The molecule has 0 aliphatic carbocycles. The van der Waals surface area contributed by atoms with Gasteiger partial charge in [0.05, 0.1) is 13.2 Å². The van der Waals surface area contributed by atoms with Crippen LogP contribution in [0.2, 0.25) is 0 Å². The van der Waals surface area contributed by atoms with E-state index in [0.717, 1.165) is 26.3 Å². The number of thioether (sulfide) groups is 1. The van der Waals surface area contributed by atoms with Crippen LogP contribution in [0.1, 0.15) is 19.3 Å². The molecule has 0 amide bonds. The van der Waals surface area contributed by atoms with E-state index < -0.39 is 0 Å². The first-order chi connectivity index (χ1) is 9.00. The molecule has 0 aromatic carbocycles. The number of morpholine rings is 1. The summed E-state index contributed by atoms with van der Waals surface area (Å²) >= 11 is 2.03. The van der Waals surface area contributed by atoms with Gasteiger partial charge in [0.1, 0.15) is 0 Å². The quantitative estimate of drug-likeness (QED) is 0.607. The van der Waals surface area contributed by atoms with Gasteiger partial charge >= 0.3 is 0 Å². The van der Waals surface area contributed by atoms with Gasteiger partial charge in [-0.1, -0.05) is 6.42 Å². The van der Waals surface area contributed by atoms with Crippen LogP contribution in [0.25, 0.3) is 0 Å². The van der Waals surface area contributed by atoms with E-state index in [2.05, 4.69) is 16.0 Å². The molecule has 3 rings (SSSR count). The summed E-state index contributed by atoms with van der Waals surface area (Å²) in [4.78, 5) is 0. The lowest BCUT2D eigenvalue weighted by atomic mass is 10.2. The van der Waals surface area contributed by atoms with Gasteiger partial charge in [0.15, 0.2) is 0 Å². The van der Waals surface area contributed by atoms with Crippen molar-refractivity contribution >= 4 is 11.8 Å². The maximum Gasteiger partial charge on any atom is 0.0591 e. The number of nitrogens with one attached hydrogen (secondary N) is 3. The number of ether oxygens (including phenoxy) is 1. The van der Waals surface area contributed by atoms with Crippen molar-refractivity contribution in [3.8, 4) is 0 Å². The Balaban J connectivity index is 0.000000135.